The largest absolute Gasteiger partial charge is 0.444 e. The van der Waals surface area contributed by atoms with Gasteiger partial charge < -0.3 is 20.7 Å². The van der Waals surface area contributed by atoms with Crippen molar-refractivity contribution in [3.05, 3.63) is 47.8 Å². The number of anilines is 3. The van der Waals surface area contributed by atoms with Gasteiger partial charge in [-0.15, -0.1) is 4.80 Å². The molecule has 3 aromatic rings. The predicted molar refractivity (Wildman–Crippen MR) is 144 cm³/mol. The van der Waals surface area contributed by atoms with Gasteiger partial charge in [0.25, 0.3) is 0 Å². The summed E-state index contributed by atoms with van der Waals surface area (Å²) in [6.07, 6.45) is 5.05. The van der Waals surface area contributed by atoms with Crippen LogP contribution >= 0.6 is 0 Å². The first-order valence-corrected chi connectivity index (χ1v) is 12.7. The van der Waals surface area contributed by atoms with Crippen molar-refractivity contribution in [1.82, 2.24) is 30.3 Å². The molecule has 3 aromatic heterocycles. The van der Waals surface area contributed by atoms with Gasteiger partial charge in [0.05, 0.1) is 41.6 Å². The van der Waals surface area contributed by atoms with Crippen LogP contribution in [0.3, 0.4) is 0 Å². The minimum Gasteiger partial charge on any atom is -0.444 e. The monoisotopic (exact) mass is 535 g/mol. The van der Waals surface area contributed by atoms with Gasteiger partial charge in [0.1, 0.15) is 17.4 Å². The maximum Gasteiger partial charge on any atom is 0.407 e. The topological polar surface area (TPSA) is 143 Å². The highest BCUT2D eigenvalue weighted by Crippen LogP contribution is 2.54. The number of rotatable bonds is 8. The number of aryl methyl sites for hydroxylation is 1. The Morgan fingerprint density at radius 2 is 1.92 bits per heavy atom. The first kappa shape index (κ1) is 27.8. The number of aromatic nitrogens is 5. The van der Waals surface area contributed by atoms with E-state index in [1.807, 2.05) is 19.9 Å². The summed E-state index contributed by atoms with van der Waals surface area (Å²) in [6, 6.07) is 4.16. The Morgan fingerprint density at radius 3 is 2.51 bits per heavy atom. The van der Waals surface area contributed by atoms with Crippen LogP contribution < -0.4 is 16.0 Å². The van der Waals surface area contributed by atoms with E-state index in [4.69, 9.17) is 4.74 Å². The fourth-order valence-corrected chi connectivity index (χ4v) is 4.48. The summed E-state index contributed by atoms with van der Waals surface area (Å²) in [5, 5.41) is 27.1. The van der Waals surface area contributed by atoms with Gasteiger partial charge in [-0.25, -0.2) is 14.2 Å². The number of alkyl carbamates (subject to hydrolysis) is 1. The van der Waals surface area contributed by atoms with Crippen LogP contribution in [-0.4, -0.2) is 48.7 Å². The molecular formula is C27H34FN9O2. The van der Waals surface area contributed by atoms with Gasteiger partial charge in [0, 0.05) is 6.04 Å². The fraction of sp³-hybridized carbons (Fsp3) is 0.481. The lowest BCUT2D eigenvalue weighted by Crippen LogP contribution is -2.48. The molecule has 1 aliphatic rings. The van der Waals surface area contributed by atoms with Crippen molar-refractivity contribution < 1.29 is 13.9 Å². The van der Waals surface area contributed by atoms with E-state index in [-0.39, 0.29) is 34.6 Å². The summed E-state index contributed by atoms with van der Waals surface area (Å²) in [4.78, 5) is 22.7. The molecule has 3 N–H and O–H groups in total. The molecule has 0 aromatic carbocycles. The molecule has 1 saturated carbocycles. The van der Waals surface area contributed by atoms with Crippen molar-refractivity contribution in [1.29, 1.82) is 5.26 Å². The molecule has 0 spiro atoms. The van der Waals surface area contributed by atoms with Crippen LogP contribution in [0.1, 0.15) is 59.2 Å². The summed E-state index contributed by atoms with van der Waals surface area (Å²) in [6.45, 7) is 13.3. The van der Waals surface area contributed by atoms with Crippen molar-refractivity contribution in [3.63, 3.8) is 0 Å². The van der Waals surface area contributed by atoms with E-state index in [0.29, 0.717) is 17.1 Å². The average molecular weight is 536 g/mol. The van der Waals surface area contributed by atoms with Crippen LogP contribution in [0.15, 0.2) is 30.7 Å². The zero-order valence-electron chi connectivity index (χ0n) is 23.2. The lowest BCUT2D eigenvalue weighted by molar-refractivity contribution is 0.0500. The molecule has 39 heavy (non-hydrogen) atoms. The predicted octanol–water partition coefficient (Wildman–Crippen LogP) is 4.86. The third-order valence-corrected chi connectivity index (χ3v) is 6.66. The molecule has 1 amide bonds. The number of hydrogen-bond acceptors (Lipinski definition) is 9. The molecule has 3 heterocycles. The van der Waals surface area contributed by atoms with E-state index in [1.165, 1.54) is 4.80 Å². The molecule has 1 aliphatic carbocycles. The van der Waals surface area contributed by atoms with Crippen molar-refractivity contribution in [2.45, 2.75) is 72.6 Å². The molecule has 3 atom stereocenters. The SMILES string of the molecule is Cc1ncc(Nc2nc(N[C@@H]([C@H](C)NC(=O)OC(C)(C)C)[C@H]3CC3(C)C)c(F)cc2C#N)cc1-n1nccn1. The number of ether oxygens (including phenoxy) is 1. The molecule has 0 radical (unpaired) electrons. The molecule has 11 nitrogen and oxygen atoms in total. The van der Waals surface area contributed by atoms with Gasteiger partial charge in [-0.1, -0.05) is 13.8 Å². The standard InChI is InChI=1S/C27H34FN9O2/c1-15-21(37-31-8-9-32-37)11-18(14-30-15)34-23-17(13-29)10-20(28)24(36-23)35-22(19-12-27(19,6)7)16(2)33-25(38)39-26(3,4)5/h8-11,14,16,19,22H,12H2,1-7H3,(H,33,38)(H2,34,35,36)/t16-,19+,22-/m0/s1. The normalized spacial score (nSPS) is 17.5. The Labute approximate surface area is 227 Å². The van der Waals surface area contributed by atoms with Gasteiger partial charge in [0.15, 0.2) is 17.5 Å². The second-order valence-corrected chi connectivity index (χ2v) is 11.5. The molecule has 1 fully saturated rings. The number of carbonyl (C=O) groups excluding carboxylic acids is 1. The first-order chi connectivity index (χ1) is 18.3. The molecule has 0 unspecified atom stereocenters. The van der Waals surface area contributed by atoms with E-state index in [9.17, 15) is 10.1 Å². The van der Waals surface area contributed by atoms with Crippen LogP contribution in [0.2, 0.25) is 0 Å². The van der Waals surface area contributed by atoms with Crippen LogP contribution in [0.4, 0.5) is 26.5 Å². The van der Waals surface area contributed by atoms with Crippen LogP contribution in [0.5, 0.6) is 0 Å². The zero-order valence-corrected chi connectivity index (χ0v) is 23.2. The molecule has 206 valence electrons. The Bertz CT molecular complexity index is 1390. The summed E-state index contributed by atoms with van der Waals surface area (Å²) >= 11 is 0. The van der Waals surface area contributed by atoms with Gasteiger partial charge in [-0.2, -0.15) is 15.5 Å². The number of pyridine rings is 2. The van der Waals surface area contributed by atoms with Gasteiger partial charge in [0.2, 0.25) is 0 Å². The van der Waals surface area contributed by atoms with Crippen molar-refractivity contribution >= 4 is 23.4 Å². The lowest BCUT2D eigenvalue weighted by Gasteiger charge is -2.29. The Hall–Kier alpha value is -4.27. The fourth-order valence-electron chi connectivity index (χ4n) is 4.48. The molecule has 0 bridgehead atoms. The highest BCUT2D eigenvalue weighted by atomic mass is 19.1. The average Bonchev–Trinajstić information content (AvgIpc) is 3.20. The van der Waals surface area contributed by atoms with Crippen LogP contribution in [-0.2, 0) is 4.74 Å². The van der Waals surface area contributed by atoms with E-state index >= 15 is 4.39 Å². The lowest BCUT2D eigenvalue weighted by atomic mass is 9.98. The minimum absolute atomic E-state index is 0.0101. The van der Waals surface area contributed by atoms with E-state index < -0.39 is 23.6 Å². The van der Waals surface area contributed by atoms with Gasteiger partial charge in [-0.05, 0) is 64.5 Å². The molecule has 4 rings (SSSR count). The number of halogens is 1. The third-order valence-electron chi connectivity index (χ3n) is 6.66. The number of nitrogens with one attached hydrogen (secondary N) is 3. The van der Waals surface area contributed by atoms with Crippen molar-refractivity contribution in [2.24, 2.45) is 11.3 Å². The maximum absolute atomic E-state index is 15.2. The third kappa shape index (κ3) is 6.60. The van der Waals surface area contributed by atoms with E-state index in [1.54, 1.807) is 45.4 Å². The van der Waals surface area contributed by atoms with Crippen LogP contribution in [0.25, 0.3) is 5.69 Å². The summed E-state index contributed by atoms with van der Waals surface area (Å²) < 4.78 is 20.6. The molecule has 0 saturated heterocycles. The molecule has 0 aliphatic heterocycles. The van der Waals surface area contributed by atoms with Crippen molar-refractivity contribution in [2.75, 3.05) is 10.6 Å². The number of amides is 1. The smallest absolute Gasteiger partial charge is 0.407 e. The zero-order chi connectivity index (χ0) is 28.5. The second kappa shape index (κ2) is 10.5. The Balaban J connectivity index is 1.61. The second-order valence-electron chi connectivity index (χ2n) is 11.5. The highest BCUT2D eigenvalue weighted by molar-refractivity contribution is 5.69. The number of carbonyl (C=O) groups is 1. The quantitative estimate of drug-likeness (QED) is 0.368. The molecular weight excluding hydrogens is 501 g/mol. The minimum atomic E-state index is -0.673. The first-order valence-electron chi connectivity index (χ1n) is 12.7. The van der Waals surface area contributed by atoms with E-state index in [2.05, 4.69) is 50.0 Å². The number of nitriles is 1. The number of hydrogen-bond donors (Lipinski definition) is 3. The summed E-state index contributed by atoms with van der Waals surface area (Å²) in [5.41, 5.74) is 1.26. The Morgan fingerprint density at radius 1 is 1.26 bits per heavy atom. The highest BCUT2D eigenvalue weighted by Gasteiger charge is 2.52. The summed E-state index contributed by atoms with van der Waals surface area (Å²) in [5.74, 6) is -0.390. The number of nitrogens with zero attached hydrogens (tertiary/aromatic N) is 6. The summed E-state index contributed by atoms with van der Waals surface area (Å²) in [7, 11) is 0. The maximum atomic E-state index is 15.2. The van der Waals surface area contributed by atoms with Crippen molar-refractivity contribution in [3.8, 4) is 11.8 Å². The van der Waals surface area contributed by atoms with Crippen LogP contribution in [0, 0.1) is 35.4 Å². The van der Waals surface area contributed by atoms with Gasteiger partial charge in [-0.3, -0.25) is 4.98 Å². The Kier molecular flexibility index (Phi) is 7.46. The van der Waals surface area contributed by atoms with Gasteiger partial charge >= 0.3 is 6.09 Å². The van der Waals surface area contributed by atoms with E-state index in [0.717, 1.165) is 12.5 Å². The molecule has 12 heteroatoms.